The second-order valence-corrected chi connectivity index (χ2v) is 5.15. The molecule has 0 aliphatic heterocycles. The molecule has 3 aromatic rings. The number of hydrogen-bond acceptors (Lipinski definition) is 4. The maximum atomic E-state index is 5.35. The molecule has 0 saturated carbocycles. The molecule has 0 unspecified atom stereocenters. The first-order chi connectivity index (χ1) is 9.74. The molecule has 5 nitrogen and oxygen atoms in total. The first-order valence-corrected chi connectivity index (χ1v) is 7.34. The average Bonchev–Trinajstić information content (AvgIpc) is 3.09. The fourth-order valence-electron chi connectivity index (χ4n) is 1.88. The molecule has 2 aromatic heterocycles. The second kappa shape index (κ2) is 5.58. The molecule has 102 valence electrons. The normalized spacial score (nSPS) is 10.9. The van der Waals surface area contributed by atoms with Crippen LogP contribution in [-0.4, -0.2) is 20.2 Å². The van der Waals surface area contributed by atoms with Crippen molar-refractivity contribution in [3.63, 3.8) is 0 Å². The van der Waals surface area contributed by atoms with E-state index in [-0.39, 0.29) is 0 Å². The molecule has 0 radical (unpaired) electrons. The molecule has 0 bridgehead atoms. The molecule has 6 heteroatoms. The van der Waals surface area contributed by atoms with Crippen molar-refractivity contribution in [3.05, 3.63) is 53.5 Å². The van der Waals surface area contributed by atoms with Gasteiger partial charge in [-0.15, -0.1) is 5.10 Å². The van der Waals surface area contributed by atoms with E-state index in [0.29, 0.717) is 11.9 Å². The summed E-state index contributed by atoms with van der Waals surface area (Å²) in [5.74, 6) is 0.756. The lowest BCUT2D eigenvalue weighted by Gasteiger charge is -1.95. The van der Waals surface area contributed by atoms with E-state index < -0.39 is 0 Å². The number of halogens is 1. The number of rotatable bonds is 4. The van der Waals surface area contributed by atoms with Crippen molar-refractivity contribution in [2.75, 3.05) is 0 Å². The maximum absolute atomic E-state index is 5.35. The third kappa shape index (κ3) is 2.80. The Balaban J connectivity index is 1.78. The minimum atomic E-state index is 0.527. The molecule has 20 heavy (non-hydrogen) atoms. The predicted octanol–water partition coefficient (Wildman–Crippen LogP) is 3.18. The van der Waals surface area contributed by atoms with Crippen molar-refractivity contribution in [1.82, 2.24) is 20.2 Å². The van der Waals surface area contributed by atoms with Crippen molar-refractivity contribution < 1.29 is 4.52 Å². The Labute approximate surface area is 124 Å². The van der Waals surface area contributed by atoms with Gasteiger partial charge in [0, 0.05) is 23.2 Å². The van der Waals surface area contributed by atoms with Crippen molar-refractivity contribution in [2.24, 2.45) is 0 Å². The zero-order chi connectivity index (χ0) is 13.9. The van der Waals surface area contributed by atoms with Crippen LogP contribution in [0.1, 0.15) is 17.0 Å². The van der Waals surface area contributed by atoms with E-state index in [1.807, 2.05) is 24.4 Å². The van der Waals surface area contributed by atoms with Crippen LogP contribution < -0.4 is 0 Å². The van der Waals surface area contributed by atoms with Gasteiger partial charge < -0.3 is 4.52 Å². The third-order valence-electron chi connectivity index (χ3n) is 2.95. The van der Waals surface area contributed by atoms with Crippen molar-refractivity contribution in [2.45, 2.75) is 18.8 Å². The molecular weight excluding hydrogens is 320 g/mol. The molecule has 0 atom stereocenters. The van der Waals surface area contributed by atoms with E-state index in [9.17, 15) is 0 Å². The summed E-state index contributed by atoms with van der Waals surface area (Å²) in [6.45, 7) is 2.59. The lowest BCUT2D eigenvalue weighted by Crippen LogP contribution is -1.98. The Morgan fingerprint density at radius 1 is 1.25 bits per heavy atom. The number of aryl methyl sites for hydroxylation is 1. The Morgan fingerprint density at radius 2 is 2.05 bits per heavy atom. The van der Waals surface area contributed by atoms with Crippen LogP contribution in [0.5, 0.6) is 0 Å². The van der Waals surface area contributed by atoms with Gasteiger partial charge in [0.2, 0.25) is 0 Å². The minimum Gasteiger partial charge on any atom is -0.359 e. The SMILES string of the molecule is Cc1ccc(-c2cc(Cn3cc(CBr)nn3)on2)cc1. The minimum absolute atomic E-state index is 0.527. The van der Waals surface area contributed by atoms with Crippen LogP contribution in [-0.2, 0) is 11.9 Å². The van der Waals surface area contributed by atoms with E-state index in [2.05, 4.69) is 50.5 Å². The van der Waals surface area contributed by atoms with Gasteiger partial charge in [0.15, 0.2) is 5.76 Å². The van der Waals surface area contributed by atoms with Crippen LogP contribution in [0.2, 0.25) is 0 Å². The number of alkyl halides is 1. The van der Waals surface area contributed by atoms with Gasteiger partial charge >= 0.3 is 0 Å². The molecule has 2 heterocycles. The summed E-state index contributed by atoms with van der Waals surface area (Å²) in [5, 5.41) is 12.8. The molecule has 0 aliphatic rings. The first kappa shape index (κ1) is 13.1. The highest BCUT2D eigenvalue weighted by Crippen LogP contribution is 2.20. The highest BCUT2D eigenvalue weighted by Gasteiger charge is 2.08. The fourth-order valence-corrected chi connectivity index (χ4v) is 2.14. The van der Waals surface area contributed by atoms with Gasteiger partial charge in [-0.25, -0.2) is 4.68 Å². The van der Waals surface area contributed by atoms with Gasteiger partial charge in [-0.05, 0) is 6.92 Å². The van der Waals surface area contributed by atoms with Crippen LogP contribution in [0.15, 0.2) is 41.1 Å². The second-order valence-electron chi connectivity index (χ2n) is 4.59. The van der Waals surface area contributed by atoms with Crippen molar-refractivity contribution >= 4 is 15.9 Å². The van der Waals surface area contributed by atoms with E-state index in [0.717, 1.165) is 22.7 Å². The molecule has 0 aliphatic carbocycles. The van der Waals surface area contributed by atoms with Gasteiger partial charge in [0.05, 0.1) is 5.69 Å². The molecule has 0 N–H and O–H groups in total. The van der Waals surface area contributed by atoms with Crippen LogP contribution >= 0.6 is 15.9 Å². The quantitative estimate of drug-likeness (QED) is 0.688. The Morgan fingerprint density at radius 3 is 2.75 bits per heavy atom. The topological polar surface area (TPSA) is 56.7 Å². The number of nitrogens with zero attached hydrogens (tertiary/aromatic N) is 4. The standard InChI is InChI=1S/C14H13BrN4O/c1-10-2-4-11(5-3-10)14-6-13(20-17-14)9-19-8-12(7-15)16-18-19/h2-6,8H,7,9H2,1H3. The first-order valence-electron chi connectivity index (χ1n) is 6.22. The number of hydrogen-bond donors (Lipinski definition) is 0. The lowest BCUT2D eigenvalue weighted by atomic mass is 10.1. The molecule has 0 saturated heterocycles. The van der Waals surface area contributed by atoms with Crippen LogP contribution in [0.3, 0.4) is 0 Å². The summed E-state index contributed by atoms with van der Waals surface area (Å²) in [6, 6.07) is 10.1. The zero-order valence-electron chi connectivity index (χ0n) is 11.0. The molecule has 0 spiro atoms. The van der Waals surface area contributed by atoms with E-state index in [1.165, 1.54) is 5.56 Å². The predicted molar refractivity (Wildman–Crippen MR) is 78.4 cm³/mol. The largest absolute Gasteiger partial charge is 0.359 e. The lowest BCUT2D eigenvalue weighted by molar-refractivity contribution is 0.372. The van der Waals surface area contributed by atoms with Crippen LogP contribution in [0.4, 0.5) is 0 Å². The summed E-state index contributed by atoms with van der Waals surface area (Å²) in [5.41, 5.74) is 4.00. The summed E-state index contributed by atoms with van der Waals surface area (Å²) in [6.07, 6.45) is 1.88. The Bertz CT molecular complexity index is 702. The average molecular weight is 333 g/mol. The molecule has 0 amide bonds. The molecule has 0 fully saturated rings. The third-order valence-corrected chi connectivity index (χ3v) is 3.52. The van der Waals surface area contributed by atoms with E-state index >= 15 is 0 Å². The van der Waals surface area contributed by atoms with E-state index in [4.69, 9.17) is 4.52 Å². The summed E-state index contributed by atoms with van der Waals surface area (Å²) >= 11 is 3.35. The summed E-state index contributed by atoms with van der Waals surface area (Å²) in [7, 11) is 0. The Hall–Kier alpha value is -1.95. The van der Waals surface area contributed by atoms with Gasteiger partial charge in [0.25, 0.3) is 0 Å². The Kier molecular flexibility index (Phi) is 3.64. The zero-order valence-corrected chi connectivity index (χ0v) is 12.5. The molecular formula is C14H13BrN4O. The van der Waals surface area contributed by atoms with Crippen LogP contribution in [0, 0.1) is 6.92 Å². The monoisotopic (exact) mass is 332 g/mol. The highest BCUT2D eigenvalue weighted by atomic mass is 79.9. The summed E-state index contributed by atoms with van der Waals surface area (Å²) < 4.78 is 7.08. The molecule has 1 aromatic carbocycles. The van der Waals surface area contributed by atoms with Crippen molar-refractivity contribution in [3.8, 4) is 11.3 Å². The highest BCUT2D eigenvalue weighted by molar-refractivity contribution is 9.08. The maximum Gasteiger partial charge on any atom is 0.158 e. The van der Waals surface area contributed by atoms with Gasteiger partial charge in [0.1, 0.15) is 12.2 Å². The molecule has 3 rings (SSSR count). The summed E-state index contributed by atoms with van der Waals surface area (Å²) in [4.78, 5) is 0. The van der Waals surface area contributed by atoms with Crippen LogP contribution in [0.25, 0.3) is 11.3 Å². The fraction of sp³-hybridized carbons (Fsp3) is 0.214. The van der Waals surface area contributed by atoms with Gasteiger partial charge in [-0.3, -0.25) is 0 Å². The smallest absolute Gasteiger partial charge is 0.158 e. The number of benzene rings is 1. The van der Waals surface area contributed by atoms with Crippen molar-refractivity contribution in [1.29, 1.82) is 0 Å². The van der Waals surface area contributed by atoms with E-state index in [1.54, 1.807) is 4.68 Å². The number of aromatic nitrogens is 4. The van der Waals surface area contributed by atoms with Gasteiger partial charge in [-0.1, -0.05) is 56.1 Å². The van der Waals surface area contributed by atoms with Gasteiger partial charge in [-0.2, -0.15) is 0 Å².